The highest BCUT2D eigenvalue weighted by molar-refractivity contribution is 5.91. The SMILES string of the molecule is C=C(C)C(=O)Oc1ccc(C(C)C(=O)O)cc1OC(=O)C(=C)C. The average Bonchev–Trinajstić information content (AvgIpc) is 2.47. The third kappa shape index (κ3) is 4.81. The normalized spacial score (nSPS) is 11.3. The zero-order valence-electron chi connectivity index (χ0n) is 13.2. The van der Waals surface area contributed by atoms with Crippen LogP contribution in [0.15, 0.2) is 42.5 Å². The van der Waals surface area contributed by atoms with Crippen LogP contribution in [0.3, 0.4) is 0 Å². The summed E-state index contributed by atoms with van der Waals surface area (Å²) in [4.78, 5) is 34.4. The molecule has 1 N–H and O–H groups in total. The third-order valence-electron chi connectivity index (χ3n) is 2.94. The van der Waals surface area contributed by atoms with Gasteiger partial charge in [0.1, 0.15) is 0 Å². The number of hydrogen-bond donors (Lipinski definition) is 1. The van der Waals surface area contributed by atoms with Crippen molar-refractivity contribution >= 4 is 17.9 Å². The zero-order chi connectivity index (χ0) is 17.7. The summed E-state index contributed by atoms with van der Waals surface area (Å²) in [6.07, 6.45) is 0. The summed E-state index contributed by atoms with van der Waals surface area (Å²) in [6, 6.07) is 4.20. The predicted molar refractivity (Wildman–Crippen MR) is 83.4 cm³/mol. The minimum atomic E-state index is -1.03. The van der Waals surface area contributed by atoms with Crippen LogP contribution < -0.4 is 9.47 Å². The van der Waals surface area contributed by atoms with Gasteiger partial charge in [-0.25, -0.2) is 9.59 Å². The van der Waals surface area contributed by atoms with Gasteiger partial charge < -0.3 is 14.6 Å². The lowest BCUT2D eigenvalue weighted by atomic mass is 10.0. The highest BCUT2D eigenvalue weighted by atomic mass is 16.6. The standard InChI is InChI=1S/C17H18O6/c1-9(2)16(20)22-13-7-6-12(11(5)15(18)19)8-14(13)23-17(21)10(3)4/h6-8,11H,1,3H2,2,4-5H3,(H,18,19). The molecule has 0 radical (unpaired) electrons. The van der Waals surface area contributed by atoms with E-state index in [-0.39, 0.29) is 22.6 Å². The molecule has 0 saturated heterocycles. The Balaban J connectivity index is 3.25. The maximum Gasteiger partial charge on any atom is 0.338 e. The molecule has 1 aromatic rings. The highest BCUT2D eigenvalue weighted by Crippen LogP contribution is 2.32. The Bertz CT molecular complexity index is 686. The van der Waals surface area contributed by atoms with E-state index < -0.39 is 23.8 Å². The van der Waals surface area contributed by atoms with Crippen molar-refractivity contribution in [3.05, 3.63) is 48.1 Å². The Labute approximate surface area is 134 Å². The van der Waals surface area contributed by atoms with Gasteiger partial charge in [-0.3, -0.25) is 4.79 Å². The van der Waals surface area contributed by atoms with E-state index in [1.807, 2.05) is 0 Å². The Morgan fingerprint density at radius 3 is 1.91 bits per heavy atom. The topological polar surface area (TPSA) is 89.9 Å². The van der Waals surface area contributed by atoms with E-state index in [0.717, 1.165) is 0 Å². The van der Waals surface area contributed by atoms with Gasteiger partial charge in [0.15, 0.2) is 11.5 Å². The van der Waals surface area contributed by atoms with Crippen molar-refractivity contribution in [2.24, 2.45) is 0 Å². The average molecular weight is 318 g/mol. The van der Waals surface area contributed by atoms with Crippen LogP contribution in [0.2, 0.25) is 0 Å². The summed E-state index contributed by atoms with van der Waals surface area (Å²) in [5, 5.41) is 9.07. The molecule has 0 fully saturated rings. The summed E-state index contributed by atoms with van der Waals surface area (Å²) >= 11 is 0. The molecule has 0 saturated carbocycles. The van der Waals surface area contributed by atoms with Gasteiger partial charge in [0.25, 0.3) is 0 Å². The molecule has 0 aliphatic carbocycles. The number of carbonyl (C=O) groups is 3. The number of benzene rings is 1. The maximum absolute atomic E-state index is 11.7. The van der Waals surface area contributed by atoms with Gasteiger partial charge in [-0.1, -0.05) is 19.2 Å². The van der Waals surface area contributed by atoms with Crippen molar-refractivity contribution in [2.75, 3.05) is 0 Å². The Morgan fingerprint density at radius 1 is 1.00 bits per heavy atom. The van der Waals surface area contributed by atoms with Crippen molar-refractivity contribution in [1.82, 2.24) is 0 Å². The molecule has 1 aromatic carbocycles. The fraction of sp³-hybridized carbons (Fsp3) is 0.235. The largest absolute Gasteiger partial charge is 0.481 e. The van der Waals surface area contributed by atoms with Crippen LogP contribution >= 0.6 is 0 Å². The van der Waals surface area contributed by atoms with Gasteiger partial charge in [-0.05, 0) is 38.5 Å². The number of carbonyl (C=O) groups excluding carboxylic acids is 2. The van der Waals surface area contributed by atoms with E-state index in [9.17, 15) is 14.4 Å². The van der Waals surface area contributed by atoms with Crippen LogP contribution in [0, 0.1) is 0 Å². The van der Waals surface area contributed by atoms with Crippen LogP contribution in [0.4, 0.5) is 0 Å². The molecule has 0 spiro atoms. The van der Waals surface area contributed by atoms with Crippen molar-refractivity contribution in [3.63, 3.8) is 0 Å². The smallest absolute Gasteiger partial charge is 0.338 e. The molecule has 0 heterocycles. The monoisotopic (exact) mass is 318 g/mol. The molecule has 0 aliphatic rings. The fourth-order valence-electron chi connectivity index (χ4n) is 1.47. The first-order valence-electron chi connectivity index (χ1n) is 6.75. The molecule has 1 rings (SSSR count). The molecular weight excluding hydrogens is 300 g/mol. The molecular formula is C17H18O6. The first-order chi connectivity index (χ1) is 10.6. The maximum atomic E-state index is 11.7. The quantitative estimate of drug-likeness (QED) is 0.493. The molecule has 1 unspecified atom stereocenters. The summed E-state index contributed by atoms with van der Waals surface area (Å²) in [5.41, 5.74) is 0.723. The van der Waals surface area contributed by atoms with E-state index >= 15 is 0 Å². The van der Waals surface area contributed by atoms with Gasteiger partial charge in [0, 0.05) is 11.1 Å². The molecule has 0 amide bonds. The fourth-order valence-corrected chi connectivity index (χ4v) is 1.47. The van der Waals surface area contributed by atoms with E-state index in [0.29, 0.717) is 5.56 Å². The van der Waals surface area contributed by atoms with E-state index in [2.05, 4.69) is 13.2 Å². The number of carboxylic acids is 1. The number of carboxylic acid groups (broad SMARTS) is 1. The van der Waals surface area contributed by atoms with Crippen LogP contribution in [-0.2, 0) is 14.4 Å². The van der Waals surface area contributed by atoms with E-state index in [1.54, 1.807) is 0 Å². The van der Waals surface area contributed by atoms with Crippen molar-refractivity contribution < 1.29 is 29.0 Å². The molecule has 0 aliphatic heterocycles. The second-order valence-corrected chi connectivity index (χ2v) is 5.11. The van der Waals surface area contributed by atoms with Gasteiger partial charge in [0.05, 0.1) is 5.92 Å². The van der Waals surface area contributed by atoms with Crippen molar-refractivity contribution in [3.8, 4) is 11.5 Å². The second-order valence-electron chi connectivity index (χ2n) is 5.11. The van der Waals surface area contributed by atoms with E-state index in [1.165, 1.54) is 39.0 Å². The number of ether oxygens (including phenoxy) is 2. The minimum absolute atomic E-state index is 0.00561. The van der Waals surface area contributed by atoms with Crippen LogP contribution in [0.1, 0.15) is 32.3 Å². The molecule has 0 aromatic heterocycles. The summed E-state index contributed by atoms with van der Waals surface area (Å²) < 4.78 is 10.2. The zero-order valence-corrected chi connectivity index (χ0v) is 13.2. The van der Waals surface area contributed by atoms with Crippen LogP contribution in [-0.4, -0.2) is 23.0 Å². The summed E-state index contributed by atoms with van der Waals surface area (Å²) in [5.74, 6) is -3.31. The second kappa shape index (κ2) is 7.40. The number of aliphatic carboxylic acids is 1. The Hall–Kier alpha value is -2.89. The van der Waals surface area contributed by atoms with Gasteiger partial charge >= 0.3 is 17.9 Å². The molecule has 6 heteroatoms. The van der Waals surface area contributed by atoms with Crippen molar-refractivity contribution in [2.45, 2.75) is 26.7 Å². The molecule has 122 valence electrons. The lowest BCUT2D eigenvalue weighted by molar-refractivity contribution is -0.138. The molecule has 1 atom stereocenters. The Morgan fingerprint density at radius 2 is 1.48 bits per heavy atom. The molecule has 6 nitrogen and oxygen atoms in total. The van der Waals surface area contributed by atoms with E-state index in [4.69, 9.17) is 14.6 Å². The first kappa shape index (κ1) is 18.2. The minimum Gasteiger partial charge on any atom is -0.481 e. The van der Waals surface area contributed by atoms with Gasteiger partial charge in [0.2, 0.25) is 0 Å². The predicted octanol–water partition coefficient (Wildman–Crippen LogP) is 2.84. The lowest BCUT2D eigenvalue weighted by Gasteiger charge is -2.14. The lowest BCUT2D eigenvalue weighted by Crippen LogP contribution is -2.14. The third-order valence-corrected chi connectivity index (χ3v) is 2.94. The number of rotatable bonds is 6. The Kier molecular flexibility index (Phi) is 5.84. The van der Waals surface area contributed by atoms with Crippen LogP contribution in [0.5, 0.6) is 11.5 Å². The summed E-state index contributed by atoms with van der Waals surface area (Å²) in [7, 11) is 0. The summed E-state index contributed by atoms with van der Waals surface area (Å²) in [6.45, 7) is 11.4. The molecule has 0 bridgehead atoms. The van der Waals surface area contributed by atoms with Gasteiger partial charge in [-0.15, -0.1) is 0 Å². The van der Waals surface area contributed by atoms with Crippen LogP contribution in [0.25, 0.3) is 0 Å². The number of esters is 2. The van der Waals surface area contributed by atoms with Crippen molar-refractivity contribution in [1.29, 1.82) is 0 Å². The highest BCUT2D eigenvalue weighted by Gasteiger charge is 2.20. The number of hydrogen-bond acceptors (Lipinski definition) is 5. The van der Waals surface area contributed by atoms with Gasteiger partial charge in [-0.2, -0.15) is 0 Å². The first-order valence-corrected chi connectivity index (χ1v) is 6.75. The molecule has 23 heavy (non-hydrogen) atoms.